The Morgan fingerprint density at radius 1 is 0.395 bits per heavy atom. The lowest BCUT2D eigenvalue weighted by Gasteiger charge is -2.05. The summed E-state index contributed by atoms with van der Waals surface area (Å²) in [6.45, 7) is 8.91. The second-order valence-corrected chi connectivity index (χ2v) is 10.9. The quantitative estimate of drug-likeness (QED) is 0.201. The fourth-order valence-corrected chi connectivity index (χ4v) is 6.67. The highest BCUT2D eigenvalue weighted by Gasteiger charge is 2.21. The van der Waals surface area contributed by atoms with Gasteiger partial charge >= 0.3 is 0 Å². The normalized spacial score (nSPS) is 12.2. The van der Waals surface area contributed by atoms with Crippen LogP contribution in [0.1, 0.15) is 22.3 Å². The minimum atomic E-state index is 1.22. The molecule has 0 N–H and O–H groups in total. The molecule has 2 nitrogen and oxygen atoms in total. The van der Waals surface area contributed by atoms with Crippen LogP contribution in [0.3, 0.4) is 0 Å². The van der Waals surface area contributed by atoms with E-state index in [0.717, 1.165) is 0 Å². The van der Waals surface area contributed by atoms with Gasteiger partial charge in [-0.3, -0.25) is 8.80 Å². The molecule has 0 aliphatic carbocycles. The molecule has 0 amide bonds. The summed E-state index contributed by atoms with van der Waals surface area (Å²) in [5.41, 5.74) is 11.4. The van der Waals surface area contributed by atoms with Crippen molar-refractivity contribution in [2.24, 2.45) is 0 Å². The van der Waals surface area contributed by atoms with Gasteiger partial charge in [0.1, 0.15) is 5.65 Å². The zero-order valence-corrected chi connectivity index (χ0v) is 22.1. The molecule has 8 rings (SSSR count). The van der Waals surface area contributed by atoms with Gasteiger partial charge in [-0.25, -0.2) is 0 Å². The fraction of sp³-hybridized carbons (Fsp3) is 0.111. The Bertz CT molecular complexity index is 2330. The van der Waals surface area contributed by atoms with Crippen molar-refractivity contribution in [1.82, 2.24) is 8.80 Å². The molecule has 2 heteroatoms. The van der Waals surface area contributed by atoms with Crippen LogP contribution in [0, 0.1) is 27.7 Å². The van der Waals surface area contributed by atoms with Crippen molar-refractivity contribution >= 4 is 65.4 Å². The van der Waals surface area contributed by atoms with E-state index < -0.39 is 0 Å². The van der Waals surface area contributed by atoms with Crippen LogP contribution in [0.5, 0.6) is 0 Å². The van der Waals surface area contributed by atoms with Gasteiger partial charge < -0.3 is 0 Å². The first-order valence-electron chi connectivity index (χ1n) is 13.4. The SMILES string of the molecule is Cc1ccc2c(c1)c1c3c(C)cccc3c3ccccc3c3ccccc3n3c4cc(C)c(C)cc4n2c13. The second-order valence-electron chi connectivity index (χ2n) is 10.9. The van der Waals surface area contributed by atoms with Crippen LogP contribution in [0.4, 0.5) is 0 Å². The summed E-state index contributed by atoms with van der Waals surface area (Å²) in [6, 6.07) is 36.3. The molecule has 0 aliphatic heterocycles. The van der Waals surface area contributed by atoms with E-state index in [1.54, 1.807) is 0 Å². The van der Waals surface area contributed by atoms with E-state index in [1.807, 2.05) is 0 Å². The summed E-state index contributed by atoms with van der Waals surface area (Å²) in [4.78, 5) is 0. The van der Waals surface area contributed by atoms with Gasteiger partial charge in [-0.2, -0.15) is 0 Å². The van der Waals surface area contributed by atoms with Crippen LogP contribution in [0.25, 0.3) is 65.4 Å². The first kappa shape index (κ1) is 21.5. The molecule has 182 valence electrons. The van der Waals surface area contributed by atoms with Crippen molar-refractivity contribution in [3.8, 4) is 0 Å². The summed E-state index contributed by atoms with van der Waals surface area (Å²) in [5.74, 6) is 0. The maximum atomic E-state index is 2.53. The van der Waals surface area contributed by atoms with E-state index in [2.05, 4.69) is 134 Å². The maximum absolute atomic E-state index is 2.53. The van der Waals surface area contributed by atoms with E-state index in [9.17, 15) is 0 Å². The van der Waals surface area contributed by atoms with Crippen molar-refractivity contribution in [3.05, 3.63) is 119 Å². The van der Waals surface area contributed by atoms with Crippen molar-refractivity contribution in [2.75, 3.05) is 0 Å². The molecule has 38 heavy (non-hydrogen) atoms. The molecule has 3 aromatic heterocycles. The Balaban J connectivity index is 1.94. The molecule has 0 unspecified atom stereocenters. The molecule has 0 saturated carbocycles. The van der Waals surface area contributed by atoms with Crippen molar-refractivity contribution in [2.45, 2.75) is 27.7 Å². The molecule has 0 saturated heterocycles. The molecule has 0 spiro atoms. The molecule has 0 radical (unpaired) electrons. The van der Waals surface area contributed by atoms with Crippen LogP contribution in [-0.4, -0.2) is 8.80 Å². The lowest BCUT2D eigenvalue weighted by molar-refractivity contribution is 1.27. The molecule has 3 heterocycles. The summed E-state index contributed by atoms with van der Waals surface area (Å²) >= 11 is 0. The maximum Gasteiger partial charge on any atom is 0.131 e. The number of imidazole rings is 1. The predicted molar refractivity (Wildman–Crippen MR) is 164 cm³/mol. The van der Waals surface area contributed by atoms with Gasteiger partial charge in [-0.15, -0.1) is 0 Å². The van der Waals surface area contributed by atoms with Gasteiger partial charge in [0.05, 0.1) is 22.1 Å². The van der Waals surface area contributed by atoms with Gasteiger partial charge in [-0.05, 0) is 96.3 Å². The first-order valence-corrected chi connectivity index (χ1v) is 13.4. The van der Waals surface area contributed by atoms with Gasteiger partial charge in [0, 0.05) is 16.2 Å². The molecular weight excluding hydrogens is 460 g/mol. The molecular formula is C36H28N2. The van der Waals surface area contributed by atoms with Crippen LogP contribution in [0.2, 0.25) is 0 Å². The van der Waals surface area contributed by atoms with E-state index in [1.165, 1.54) is 87.7 Å². The molecule has 0 fully saturated rings. The number of rotatable bonds is 0. The predicted octanol–water partition coefficient (Wildman–Crippen LogP) is 9.75. The smallest absolute Gasteiger partial charge is 0.131 e. The minimum Gasteiger partial charge on any atom is -0.293 e. The molecule has 0 atom stereocenters. The topological polar surface area (TPSA) is 8.82 Å². The van der Waals surface area contributed by atoms with Gasteiger partial charge in [0.2, 0.25) is 0 Å². The van der Waals surface area contributed by atoms with Gasteiger partial charge in [0.15, 0.2) is 0 Å². The third-order valence-electron chi connectivity index (χ3n) is 8.56. The summed E-state index contributed by atoms with van der Waals surface area (Å²) in [5, 5.41) is 9.03. The highest BCUT2D eigenvalue weighted by Crippen LogP contribution is 2.41. The summed E-state index contributed by atoms with van der Waals surface area (Å²) in [6.07, 6.45) is 0. The minimum absolute atomic E-state index is 1.22. The highest BCUT2D eigenvalue weighted by molar-refractivity contribution is 6.27. The largest absolute Gasteiger partial charge is 0.293 e. The number of aryl methyl sites for hydroxylation is 4. The number of fused-ring (bicyclic) bond motifs is 13. The number of hydrogen-bond acceptors (Lipinski definition) is 0. The zero-order chi connectivity index (χ0) is 25.7. The Labute approximate surface area is 221 Å². The van der Waals surface area contributed by atoms with Crippen LogP contribution in [-0.2, 0) is 0 Å². The van der Waals surface area contributed by atoms with Gasteiger partial charge in [0.25, 0.3) is 0 Å². The number of aromatic nitrogens is 2. The molecule has 8 aromatic rings. The number of nitrogens with zero attached hydrogens (tertiary/aromatic N) is 2. The molecule has 0 aliphatic rings. The van der Waals surface area contributed by atoms with Crippen LogP contribution < -0.4 is 0 Å². The van der Waals surface area contributed by atoms with Crippen molar-refractivity contribution in [3.63, 3.8) is 0 Å². The molecule has 5 aromatic carbocycles. The van der Waals surface area contributed by atoms with E-state index in [4.69, 9.17) is 0 Å². The average Bonchev–Trinajstić information content (AvgIpc) is 3.41. The Hall–Kier alpha value is -4.56. The first-order chi connectivity index (χ1) is 18.5. The zero-order valence-electron chi connectivity index (χ0n) is 22.1. The number of benzene rings is 5. The third kappa shape index (κ3) is 2.67. The lowest BCUT2D eigenvalue weighted by Crippen LogP contribution is -1.88. The van der Waals surface area contributed by atoms with E-state index in [0.29, 0.717) is 0 Å². The van der Waals surface area contributed by atoms with Gasteiger partial charge in [-0.1, -0.05) is 72.3 Å². The summed E-state index contributed by atoms with van der Waals surface area (Å²) in [7, 11) is 0. The average molecular weight is 489 g/mol. The fourth-order valence-electron chi connectivity index (χ4n) is 6.67. The van der Waals surface area contributed by atoms with Crippen LogP contribution in [0.15, 0.2) is 97.1 Å². The van der Waals surface area contributed by atoms with Crippen molar-refractivity contribution in [1.29, 1.82) is 0 Å². The van der Waals surface area contributed by atoms with E-state index >= 15 is 0 Å². The third-order valence-corrected chi connectivity index (χ3v) is 8.56. The second kappa shape index (κ2) is 7.49. The standard InChI is InChI=1S/C36H28N2/c1-21-16-17-31-29(18-21)35-34-22(2)10-9-14-28(34)26-12-6-5-11-25(26)27-13-7-8-15-30(27)37-32-19-23(3)24(4)20-33(32)38(31)36(35)37/h5-20H,1-4H3. The lowest BCUT2D eigenvalue weighted by atomic mass is 9.98. The highest BCUT2D eigenvalue weighted by atomic mass is 15.1. The number of para-hydroxylation sites is 1. The number of hydrogen-bond donors (Lipinski definition) is 0. The Kier molecular flexibility index (Phi) is 4.24. The van der Waals surface area contributed by atoms with Crippen LogP contribution >= 0.6 is 0 Å². The monoisotopic (exact) mass is 488 g/mol. The molecule has 0 bridgehead atoms. The Morgan fingerprint density at radius 3 is 1.68 bits per heavy atom. The van der Waals surface area contributed by atoms with E-state index in [-0.39, 0.29) is 0 Å². The Morgan fingerprint density at radius 2 is 0.974 bits per heavy atom. The van der Waals surface area contributed by atoms with Crippen molar-refractivity contribution < 1.29 is 0 Å². The summed E-state index contributed by atoms with van der Waals surface area (Å²) < 4.78 is 5.04.